The Kier molecular flexibility index (Phi) is 3.99. The van der Waals surface area contributed by atoms with Crippen molar-refractivity contribution in [3.63, 3.8) is 0 Å². The van der Waals surface area contributed by atoms with Gasteiger partial charge >= 0.3 is 6.18 Å². The average molecular weight is 282 g/mol. The van der Waals surface area contributed by atoms with Gasteiger partial charge in [-0.05, 0) is 28.8 Å². The van der Waals surface area contributed by atoms with Crippen molar-refractivity contribution in [1.29, 1.82) is 0 Å². The summed E-state index contributed by atoms with van der Waals surface area (Å²) in [5.74, 6) is 0.706. The number of hydrogen-bond acceptors (Lipinski definition) is 2. The maximum Gasteiger partial charge on any atom is 0.418 e. The average Bonchev–Trinajstić information content (AvgIpc) is 2.46. The van der Waals surface area contributed by atoms with E-state index in [-0.39, 0.29) is 5.56 Å². The molecule has 0 aromatic heterocycles. The Hall–Kier alpha value is -2.01. The van der Waals surface area contributed by atoms with Gasteiger partial charge in [0.1, 0.15) is 5.75 Å². The van der Waals surface area contributed by atoms with E-state index in [9.17, 15) is 13.2 Å². The molecule has 2 aromatic carbocycles. The molecule has 2 nitrogen and oxygen atoms in total. The Labute approximate surface area is 114 Å². The van der Waals surface area contributed by atoms with Gasteiger partial charge in [0.15, 0.2) is 6.10 Å². The minimum absolute atomic E-state index is 0.172. The molecule has 0 radical (unpaired) electrons. The van der Waals surface area contributed by atoms with Crippen LogP contribution in [-0.4, -0.2) is 18.4 Å². The second-order valence-corrected chi connectivity index (χ2v) is 4.29. The SMILES string of the molecule is COc1ccc(-c2ccc(C(O)C(F)(F)F)cc2)cc1. The third-order valence-corrected chi connectivity index (χ3v) is 2.96. The van der Waals surface area contributed by atoms with Crippen LogP contribution in [0.25, 0.3) is 11.1 Å². The smallest absolute Gasteiger partial charge is 0.418 e. The number of ether oxygens (including phenoxy) is 1. The molecule has 0 fully saturated rings. The van der Waals surface area contributed by atoms with Crippen LogP contribution in [0, 0.1) is 0 Å². The van der Waals surface area contributed by atoms with E-state index >= 15 is 0 Å². The molecule has 1 N–H and O–H groups in total. The quantitative estimate of drug-likeness (QED) is 0.923. The highest BCUT2D eigenvalue weighted by Gasteiger charge is 2.39. The van der Waals surface area contributed by atoms with Crippen molar-refractivity contribution in [3.05, 3.63) is 54.1 Å². The van der Waals surface area contributed by atoms with Gasteiger partial charge in [0.25, 0.3) is 0 Å². The normalized spacial score (nSPS) is 13.1. The molecule has 2 rings (SSSR count). The Morgan fingerprint density at radius 2 is 1.35 bits per heavy atom. The van der Waals surface area contributed by atoms with E-state index in [0.29, 0.717) is 5.75 Å². The van der Waals surface area contributed by atoms with E-state index in [2.05, 4.69) is 0 Å². The van der Waals surface area contributed by atoms with Crippen LogP contribution in [0.1, 0.15) is 11.7 Å². The Morgan fingerprint density at radius 3 is 1.75 bits per heavy atom. The lowest BCUT2D eigenvalue weighted by Crippen LogP contribution is -2.19. The van der Waals surface area contributed by atoms with Crippen LogP contribution < -0.4 is 4.74 Å². The summed E-state index contributed by atoms with van der Waals surface area (Å²) < 4.78 is 42.2. The van der Waals surface area contributed by atoms with Crippen molar-refractivity contribution >= 4 is 0 Å². The first-order valence-electron chi connectivity index (χ1n) is 5.91. The van der Waals surface area contributed by atoms with Gasteiger partial charge in [-0.2, -0.15) is 13.2 Å². The Morgan fingerprint density at radius 1 is 0.900 bits per heavy atom. The maximum atomic E-state index is 12.4. The number of aliphatic hydroxyl groups is 1. The lowest BCUT2D eigenvalue weighted by molar-refractivity contribution is -0.206. The van der Waals surface area contributed by atoms with Gasteiger partial charge in [0, 0.05) is 0 Å². The van der Waals surface area contributed by atoms with Crippen molar-refractivity contribution in [1.82, 2.24) is 0 Å². The van der Waals surface area contributed by atoms with E-state index in [1.54, 1.807) is 31.4 Å². The number of alkyl halides is 3. The van der Waals surface area contributed by atoms with Crippen LogP contribution in [-0.2, 0) is 0 Å². The third kappa shape index (κ3) is 3.11. The van der Waals surface area contributed by atoms with Crippen molar-refractivity contribution in [2.75, 3.05) is 7.11 Å². The van der Waals surface area contributed by atoms with Crippen LogP contribution in [0.15, 0.2) is 48.5 Å². The zero-order valence-electron chi connectivity index (χ0n) is 10.7. The first kappa shape index (κ1) is 14.4. The molecule has 106 valence electrons. The predicted molar refractivity (Wildman–Crippen MR) is 69.4 cm³/mol. The van der Waals surface area contributed by atoms with E-state index in [1.165, 1.54) is 12.1 Å². The lowest BCUT2D eigenvalue weighted by atomic mass is 10.0. The fourth-order valence-corrected chi connectivity index (χ4v) is 1.83. The van der Waals surface area contributed by atoms with Gasteiger partial charge in [-0.25, -0.2) is 0 Å². The second-order valence-electron chi connectivity index (χ2n) is 4.29. The topological polar surface area (TPSA) is 29.5 Å². The first-order chi connectivity index (χ1) is 9.41. The number of methoxy groups -OCH3 is 1. The number of hydrogen-bond donors (Lipinski definition) is 1. The summed E-state index contributed by atoms with van der Waals surface area (Å²) in [5, 5.41) is 9.15. The van der Waals surface area contributed by atoms with Crippen LogP contribution in [0.3, 0.4) is 0 Å². The molecular formula is C15H13F3O2. The third-order valence-electron chi connectivity index (χ3n) is 2.96. The molecule has 1 atom stereocenters. The van der Waals surface area contributed by atoms with Gasteiger partial charge in [-0.3, -0.25) is 0 Å². The number of benzene rings is 2. The highest BCUT2D eigenvalue weighted by molar-refractivity contribution is 5.64. The molecule has 0 aliphatic rings. The molecule has 0 spiro atoms. The zero-order chi connectivity index (χ0) is 14.8. The molecule has 1 unspecified atom stereocenters. The molecule has 0 amide bonds. The largest absolute Gasteiger partial charge is 0.497 e. The van der Waals surface area contributed by atoms with E-state index in [1.807, 2.05) is 12.1 Å². The molecule has 0 aliphatic heterocycles. The summed E-state index contributed by atoms with van der Waals surface area (Å²) in [4.78, 5) is 0. The fourth-order valence-electron chi connectivity index (χ4n) is 1.83. The van der Waals surface area contributed by atoms with E-state index in [4.69, 9.17) is 9.84 Å². The van der Waals surface area contributed by atoms with Crippen molar-refractivity contribution in [2.24, 2.45) is 0 Å². The number of rotatable bonds is 3. The summed E-state index contributed by atoms with van der Waals surface area (Å²) in [7, 11) is 1.56. The summed E-state index contributed by atoms with van der Waals surface area (Å²) in [6.07, 6.45) is -7.10. The summed E-state index contributed by atoms with van der Waals surface area (Å²) in [6, 6.07) is 12.8. The second kappa shape index (κ2) is 5.54. The predicted octanol–water partition coefficient (Wildman–Crippen LogP) is 3.96. The fraction of sp³-hybridized carbons (Fsp3) is 0.200. The zero-order valence-corrected chi connectivity index (χ0v) is 10.7. The molecule has 0 saturated heterocycles. The van der Waals surface area contributed by atoms with Gasteiger partial charge in [-0.15, -0.1) is 0 Å². The van der Waals surface area contributed by atoms with E-state index < -0.39 is 12.3 Å². The highest BCUT2D eigenvalue weighted by atomic mass is 19.4. The Bertz CT molecular complexity index is 559. The van der Waals surface area contributed by atoms with Gasteiger partial charge < -0.3 is 9.84 Å². The molecule has 20 heavy (non-hydrogen) atoms. The van der Waals surface area contributed by atoms with Gasteiger partial charge in [-0.1, -0.05) is 36.4 Å². The lowest BCUT2D eigenvalue weighted by Gasteiger charge is -2.15. The molecule has 2 aromatic rings. The minimum Gasteiger partial charge on any atom is -0.497 e. The molecule has 0 heterocycles. The first-order valence-corrected chi connectivity index (χ1v) is 5.91. The molecule has 5 heteroatoms. The summed E-state index contributed by atoms with van der Waals surface area (Å²) in [6.45, 7) is 0. The van der Waals surface area contributed by atoms with Gasteiger partial charge in [0.2, 0.25) is 0 Å². The number of aliphatic hydroxyl groups excluding tert-OH is 1. The van der Waals surface area contributed by atoms with Gasteiger partial charge in [0.05, 0.1) is 7.11 Å². The molecule has 0 aliphatic carbocycles. The van der Waals surface area contributed by atoms with Crippen molar-refractivity contribution < 1.29 is 23.0 Å². The monoisotopic (exact) mass is 282 g/mol. The van der Waals surface area contributed by atoms with Crippen LogP contribution >= 0.6 is 0 Å². The number of halogens is 3. The Balaban J connectivity index is 2.23. The standard InChI is InChI=1S/C15H13F3O2/c1-20-13-8-6-11(7-9-13)10-2-4-12(5-3-10)14(19)15(16,17)18/h2-9,14,19H,1H3. The van der Waals surface area contributed by atoms with E-state index in [0.717, 1.165) is 11.1 Å². The summed E-state index contributed by atoms with van der Waals surface area (Å²) in [5.41, 5.74) is 1.46. The molecular weight excluding hydrogens is 269 g/mol. The highest BCUT2D eigenvalue weighted by Crippen LogP contribution is 2.33. The molecule has 0 saturated carbocycles. The van der Waals surface area contributed by atoms with Crippen LogP contribution in [0.4, 0.5) is 13.2 Å². The maximum absolute atomic E-state index is 12.4. The van der Waals surface area contributed by atoms with Crippen molar-refractivity contribution in [2.45, 2.75) is 12.3 Å². The molecule has 0 bridgehead atoms. The van der Waals surface area contributed by atoms with Crippen LogP contribution in [0.5, 0.6) is 5.75 Å². The van der Waals surface area contributed by atoms with Crippen molar-refractivity contribution in [3.8, 4) is 16.9 Å². The summed E-state index contributed by atoms with van der Waals surface area (Å²) >= 11 is 0. The minimum atomic E-state index is -4.65. The van der Waals surface area contributed by atoms with Crippen LogP contribution in [0.2, 0.25) is 0 Å².